The highest BCUT2D eigenvalue weighted by Gasteiger charge is 2.23. The number of fused-ring (bicyclic) bond motifs is 7. The van der Waals surface area contributed by atoms with E-state index in [0.717, 1.165) is 49.8 Å². The highest BCUT2D eigenvalue weighted by Crippen LogP contribution is 2.46. The monoisotopic (exact) mass is 806 g/mol. The molecule has 0 aliphatic rings. The van der Waals surface area contributed by atoms with Crippen LogP contribution < -0.4 is 0 Å². The van der Waals surface area contributed by atoms with Crippen molar-refractivity contribution in [1.82, 2.24) is 19.1 Å². The maximum absolute atomic E-state index is 5.56. The van der Waals surface area contributed by atoms with Crippen LogP contribution in [0.4, 0.5) is 0 Å². The molecule has 0 saturated heterocycles. The zero-order chi connectivity index (χ0) is 42.2. The van der Waals surface area contributed by atoms with Gasteiger partial charge in [0.2, 0.25) is 5.95 Å². The van der Waals surface area contributed by atoms with Crippen LogP contribution in [0.25, 0.3) is 111 Å². The molecule has 3 aromatic heterocycles. The first-order valence-corrected chi connectivity index (χ1v) is 21.7. The Morgan fingerprint density at radius 1 is 0.365 bits per heavy atom. The van der Waals surface area contributed by atoms with Crippen LogP contribution in [0.5, 0.6) is 0 Å². The molecule has 63 heavy (non-hydrogen) atoms. The number of aryl methyl sites for hydroxylation is 2. The van der Waals surface area contributed by atoms with Gasteiger partial charge < -0.3 is 4.57 Å². The lowest BCUT2D eigenvalue weighted by atomic mass is 9.83. The summed E-state index contributed by atoms with van der Waals surface area (Å²) in [6.45, 7) is 6.71. The third-order valence-corrected chi connectivity index (χ3v) is 13.1. The van der Waals surface area contributed by atoms with Gasteiger partial charge in [0.05, 0.1) is 33.3 Å². The fourth-order valence-corrected chi connectivity index (χ4v) is 10.1. The molecule has 0 saturated carbocycles. The molecule has 0 aliphatic heterocycles. The molecule has 3 heterocycles. The number of hydrogen-bond acceptors (Lipinski definition) is 2. The maximum Gasteiger partial charge on any atom is 0.235 e. The topological polar surface area (TPSA) is 35.6 Å². The molecule has 0 N–H and O–H groups in total. The average molecular weight is 807 g/mol. The van der Waals surface area contributed by atoms with E-state index in [1.165, 1.54) is 71.7 Å². The summed E-state index contributed by atoms with van der Waals surface area (Å²) < 4.78 is 4.63. The Bertz CT molecular complexity index is 3780. The van der Waals surface area contributed by atoms with E-state index in [9.17, 15) is 0 Å². The molecular weight excluding hydrogens is 765 g/mol. The fourth-order valence-electron chi connectivity index (χ4n) is 10.1. The van der Waals surface area contributed by atoms with Crippen molar-refractivity contribution < 1.29 is 0 Å². The van der Waals surface area contributed by atoms with Gasteiger partial charge in [0.15, 0.2) is 0 Å². The summed E-state index contributed by atoms with van der Waals surface area (Å²) in [6, 6.07) is 72.1. The highest BCUT2D eigenvalue weighted by atomic mass is 15.2. The Morgan fingerprint density at radius 2 is 0.952 bits per heavy atom. The SMILES string of the molecule is Cc1ccccc1-c1ccc(-c2cccc3c2c2ccccc2n3-c2nc(-c3ccc4c(c3)c3ccccc3n4-c3ccccc3)c3ccccc3n2)c(-c2ccccc2C)c1C. The maximum atomic E-state index is 5.56. The molecule has 4 nitrogen and oxygen atoms in total. The molecule has 0 radical (unpaired) electrons. The van der Waals surface area contributed by atoms with Gasteiger partial charge in [-0.25, -0.2) is 9.97 Å². The predicted molar refractivity (Wildman–Crippen MR) is 264 cm³/mol. The third kappa shape index (κ3) is 5.76. The van der Waals surface area contributed by atoms with Crippen LogP contribution in [0.2, 0.25) is 0 Å². The molecule has 0 fully saturated rings. The number of para-hydroxylation sites is 4. The Labute approximate surface area is 366 Å². The first-order chi connectivity index (χ1) is 31.0. The van der Waals surface area contributed by atoms with Crippen molar-refractivity contribution in [1.29, 1.82) is 0 Å². The number of benzene rings is 9. The smallest absolute Gasteiger partial charge is 0.235 e. The molecule has 12 aromatic rings. The number of rotatable bonds is 6. The normalized spacial score (nSPS) is 11.7. The second-order valence-electron chi connectivity index (χ2n) is 16.7. The Morgan fingerprint density at radius 3 is 1.73 bits per heavy atom. The summed E-state index contributed by atoms with van der Waals surface area (Å²) in [7, 11) is 0. The summed E-state index contributed by atoms with van der Waals surface area (Å²) in [5, 5.41) is 5.75. The van der Waals surface area contributed by atoms with E-state index in [-0.39, 0.29) is 0 Å². The van der Waals surface area contributed by atoms with E-state index in [2.05, 4.69) is 230 Å². The van der Waals surface area contributed by atoms with Crippen LogP contribution in [-0.2, 0) is 0 Å². The van der Waals surface area contributed by atoms with Crippen molar-refractivity contribution in [3.05, 3.63) is 217 Å². The lowest BCUT2D eigenvalue weighted by Crippen LogP contribution is -2.03. The van der Waals surface area contributed by atoms with Crippen LogP contribution in [-0.4, -0.2) is 19.1 Å². The van der Waals surface area contributed by atoms with Crippen LogP contribution >= 0.6 is 0 Å². The lowest BCUT2D eigenvalue weighted by molar-refractivity contribution is 1.01. The third-order valence-electron chi connectivity index (χ3n) is 13.1. The van der Waals surface area contributed by atoms with Gasteiger partial charge in [-0.2, -0.15) is 0 Å². The minimum absolute atomic E-state index is 0.643. The summed E-state index contributed by atoms with van der Waals surface area (Å²) in [6.07, 6.45) is 0. The number of nitrogens with zero attached hydrogens (tertiary/aromatic N) is 4. The average Bonchev–Trinajstić information content (AvgIpc) is 3.85. The zero-order valence-corrected chi connectivity index (χ0v) is 35.3. The van der Waals surface area contributed by atoms with Crippen molar-refractivity contribution >= 4 is 54.5 Å². The molecule has 12 rings (SSSR count). The molecule has 0 bridgehead atoms. The molecule has 0 aliphatic carbocycles. The molecule has 4 heteroatoms. The second-order valence-corrected chi connectivity index (χ2v) is 16.7. The summed E-state index contributed by atoms with van der Waals surface area (Å²) in [4.78, 5) is 10.9. The quantitative estimate of drug-likeness (QED) is 0.168. The van der Waals surface area contributed by atoms with Gasteiger partial charge in [-0.1, -0.05) is 152 Å². The van der Waals surface area contributed by atoms with E-state index in [1.54, 1.807) is 0 Å². The first-order valence-electron chi connectivity index (χ1n) is 21.7. The summed E-state index contributed by atoms with van der Waals surface area (Å²) >= 11 is 0. The molecule has 0 unspecified atom stereocenters. The van der Waals surface area contributed by atoms with Crippen LogP contribution in [0, 0.1) is 20.8 Å². The summed E-state index contributed by atoms with van der Waals surface area (Å²) in [5.41, 5.74) is 19.6. The van der Waals surface area contributed by atoms with E-state index in [0.29, 0.717) is 5.95 Å². The predicted octanol–water partition coefficient (Wildman–Crippen LogP) is 15.4. The van der Waals surface area contributed by atoms with Crippen molar-refractivity contribution in [3.8, 4) is 56.3 Å². The van der Waals surface area contributed by atoms with Gasteiger partial charge in [0.1, 0.15) is 0 Å². The largest absolute Gasteiger partial charge is 0.309 e. The second kappa shape index (κ2) is 14.5. The van der Waals surface area contributed by atoms with Crippen LogP contribution in [0.1, 0.15) is 16.7 Å². The minimum Gasteiger partial charge on any atom is -0.309 e. The van der Waals surface area contributed by atoms with E-state index < -0.39 is 0 Å². The van der Waals surface area contributed by atoms with E-state index in [4.69, 9.17) is 9.97 Å². The lowest BCUT2D eigenvalue weighted by Gasteiger charge is -2.20. The minimum atomic E-state index is 0.643. The molecule has 0 amide bonds. The van der Waals surface area contributed by atoms with Crippen molar-refractivity contribution in [2.75, 3.05) is 0 Å². The molecule has 0 atom stereocenters. The number of hydrogen-bond donors (Lipinski definition) is 0. The molecule has 0 spiro atoms. The van der Waals surface area contributed by atoms with Crippen molar-refractivity contribution in [2.24, 2.45) is 0 Å². The van der Waals surface area contributed by atoms with Gasteiger partial charge in [-0.05, 0) is 119 Å². The summed E-state index contributed by atoms with van der Waals surface area (Å²) in [5.74, 6) is 0.643. The van der Waals surface area contributed by atoms with Crippen molar-refractivity contribution in [2.45, 2.75) is 20.8 Å². The Hall–Kier alpha value is -8.08. The van der Waals surface area contributed by atoms with Crippen LogP contribution in [0.3, 0.4) is 0 Å². The van der Waals surface area contributed by atoms with Gasteiger partial charge in [0, 0.05) is 38.2 Å². The molecule has 298 valence electrons. The standard InChI is InChI=1S/C59H42N4/c1-37-18-7-9-22-42(37)44-33-34-47(56(39(44)3)43-23-10-8-19-38(43)2)46-27-17-31-55-57(46)49-26-13-16-30-53(49)63(55)59-60-51-28-14-11-25-48(51)58(61-59)40-32-35-54-50(36-40)45-24-12-15-29-52(45)62(54)41-20-5-4-6-21-41/h4-36H,1-3H3. The first kappa shape index (κ1) is 36.7. The Balaban J connectivity index is 1.10. The van der Waals surface area contributed by atoms with Crippen LogP contribution in [0.15, 0.2) is 200 Å². The van der Waals surface area contributed by atoms with E-state index >= 15 is 0 Å². The van der Waals surface area contributed by atoms with Gasteiger partial charge >= 0.3 is 0 Å². The zero-order valence-electron chi connectivity index (χ0n) is 35.3. The van der Waals surface area contributed by atoms with Crippen molar-refractivity contribution in [3.63, 3.8) is 0 Å². The highest BCUT2D eigenvalue weighted by molar-refractivity contribution is 6.17. The van der Waals surface area contributed by atoms with Gasteiger partial charge in [0.25, 0.3) is 0 Å². The van der Waals surface area contributed by atoms with Gasteiger partial charge in [-0.15, -0.1) is 0 Å². The fraction of sp³-hybridized carbons (Fsp3) is 0.0508. The van der Waals surface area contributed by atoms with E-state index in [1.807, 2.05) is 0 Å². The molecule has 9 aromatic carbocycles. The van der Waals surface area contributed by atoms with Gasteiger partial charge in [-0.3, -0.25) is 4.57 Å². The Kier molecular flexibility index (Phi) is 8.48. The number of aromatic nitrogens is 4. The molecular formula is C59H42N4.